The summed E-state index contributed by atoms with van der Waals surface area (Å²) in [7, 11) is -4.32. The van der Waals surface area contributed by atoms with E-state index in [0.717, 1.165) is 0 Å². The first-order valence-corrected chi connectivity index (χ1v) is 10.8. The predicted molar refractivity (Wildman–Crippen MR) is 106 cm³/mol. The Balaban J connectivity index is 2.08. The fourth-order valence-corrected chi connectivity index (χ4v) is 3.42. The second kappa shape index (κ2) is 9.98. The van der Waals surface area contributed by atoms with Crippen molar-refractivity contribution < 1.29 is 33.4 Å². The molecule has 0 fully saturated rings. The fraction of sp³-hybridized carbons (Fsp3) is 0.263. The van der Waals surface area contributed by atoms with Gasteiger partial charge in [-0.15, -0.1) is 0 Å². The number of hydrogen-bond acceptors (Lipinski definition) is 3. The maximum Gasteiger partial charge on any atom is 0.326 e. The molecule has 7 nitrogen and oxygen atoms in total. The number of carbonyl (C=O) groups is 2. The van der Waals surface area contributed by atoms with Gasteiger partial charge < -0.3 is 20.2 Å². The zero-order chi connectivity index (χ0) is 21.6. The van der Waals surface area contributed by atoms with Crippen LogP contribution in [0.4, 0.5) is 4.39 Å². The Labute approximate surface area is 171 Å². The topological polar surface area (TPSA) is 124 Å². The van der Waals surface area contributed by atoms with Gasteiger partial charge in [0.15, 0.2) is 0 Å². The molecule has 1 atom stereocenters. The first kappa shape index (κ1) is 23.0. The molecule has 2 aromatic carbocycles. The lowest BCUT2D eigenvalue weighted by Crippen LogP contribution is -2.38. The van der Waals surface area contributed by atoms with Crippen molar-refractivity contribution in [3.63, 3.8) is 0 Å². The number of carboxylic acids is 1. The van der Waals surface area contributed by atoms with Gasteiger partial charge in [0.25, 0.3) is 0 Å². The van der Waals surface area contributed by atoms with E-state index in [1.54, 1.807) is 24.3 Å². The van der Waals surface area contributed by atoms with E-state index in [1.807, 2.05) is 0 Å². The Morgan fingerprint density at radius 1 is 1.14 bits per heavy atom. The highest BCUT2D eigenvalue weighted by Gasteiger charge is 2.20. The second-order valence-electron chi connectivity index (χ2n) is 6.53. The third-order valence-electron chi connectivity index (χ3n) is 4.09. The number of hydrogen-bond donors (Lipinski definition) is 4. The Morgan fingerprint density at radius 3 is 2.38 bits per heavy atom. The summed E-state index contributed by atoms with van der Waals surface area (Å²) in [4.78, 5) is 40.6. The summed E-state index contributed by atoms with van der Waals surface area (Å²) in [5.41, 5.74) is 1.63. The van der Waals surface area contributed by atoms with Crippen molar-refractivity contribution in [2.75, 3.05) is 6.16 Å². The van der Waals surface area contributed by atoms with Crippen LogP contribution < -0.4 is 5.32 Å². The van der Waals surface area contributed by atoms with Crippen LogP contribution in [0.2, 0.25) is 5.02 Å². The number of carboxylic acid groups (broad SMARTS) is 1. The average molecular weight is 444 g/mol. The molecular formula is C19H20ClFNO6P. The number of nitrogens with one attached hydrogen (secondary N) is 1. The van der Waals surface area contributed by atoms with Crippen LogP contribution in [-0.4, -0.2) is 39.0 Å². The summed E-state index contributed by atoms with van der Waals surface area (Å²) in [6, 6.07) is 10.2. The largest absolute Gasteiger partial charge is 0.481 e. The number of aliphatic carboxylic acids is 1. The predicted octanol–water partition coefficient (Wildman–Crippen LogP) is 3.22. The van der Waals surface area contributed by atoms with E-state index in [0.29, 0.717) is 21.7 Å². The number of amides is 1. The number of rotatable bonds is 9. The molecule has 0 radical (unpaired) electrons. The molecule has 0 spiro atoms. The van der Waals surface area contributed by atoms with Gasteiger partial charge in [0.2, 0.25) is 5.91 Å². The van der Waals surface area contributed by atoms with Crippen LogP contribution in [0.5, 0.6) is 0 Å². The first-order valence-electron chi connectivity index (χ1n) is 8.63. The highest BCUT2D eigenvalue weighted by atomic mass is 35.5. The lowest BCUT2D eigenvalue weighted by molar-refractivity contribution is -0.137. The van der Waals surface area contributed by atoms with Crippen molar-refractivity contribution in [1.29, 1.82) is 0 Å². The van der Waals surface area contributed by atoms with Gasteiger partial charge in [-0.25, -0.2) is 4.39 Å². The van der Waals surface area contributed by atoms with Crippen molar-refractivity contribution in [3.05, 3.63) is 58.9 Å². The van der Waals surface area contributed by atoms with Gasteiger partial charge in [-0.05, 0) is 35.7 Å². The molecule has 0 heterocycles. The number of benzene rings is 2. The molecule has 4 N–H and O–H groups in total. The van der Waals surface area contributed by atoms with Crippen LogP contribution >= 0.6 is 19.2 Å². The minimum Gasteiger partial charge on any atom is -0.481 e. The van der Waals surface area contributed by atoms with Crippen LogP contribution in [0.1, 0.15) is 18.4 Å². The van der Waals surface area contributed by atoms with Gasteiger partial charge in [0.1, 0.15) is 5.82 Å². The van der Waals surface area contributed by atoms with E-state index in [2.05, 4.69) is 5.32 Å². The van der Waals surface area contributed by atoms with Crippen molar-refractivity contribution in [3.8, 4) is 11.1 Å². The summed E-state index contributed by atoms with van der Waals surface area (Å²) >= 11 is 5.91. The van der Waals surface area contributed by atoms with Crippen LogP contribution in [0, 0.1) is 5.82 Å². The zero-order valence-electron chi connectivity index (χ0n) is 15.2. The minimum atomic E-state index is -4.32. The Kier molecular flexibility index (Phi) is 7.93. The molecule has 0 aromatic heterocycles. The average Bonchev–Trinajstić information content (AvgIpc) is 2.61. The molecule has 156 valence electrons. The molecular weight excluding hydrogens is 424 g/mol. The quantitative estimate of drug-likeness (QED) is 0.441. The summed E-state index contributed by atoms with van der Waals surface area (Å²) in [6.07, 6.45) is -1.19. The van der Waals surface area contributed by atoms with Crippen LogP contribution in [0.15, 0.2) is 42.5 Å². The van der Waals surface area contributed by atoms with Crippen LogP contribution in [0.25, 0.3) is 11.1 Å². The van der Waals surface area contributed by atoms with E-state index in [4.69, 9.17) is 26.5 Å². The van der Waals surface area contributed by atoms with Gasteiger partial charge in [-0.1, -0.05) is 35.9 Å². The van der Waals surface area contributed by atoms with Gasteiger partial charge >= 0.3 is 13.6 Å². The molecule has 2 rings (SSSR count). The standard InChI is InChI=1S/C19H20ClFNO6P/c20-14-5-6-17(21)16(10-14)13-3-1-12(2-4-13)9-15(11-19(24)25)22-18(23)7-8-29(26,27)28/h1-6,10,15H,7-9,11H2,(H,22,23)(H,24,25)(H2,26,27,28). The summed E-state index contributed by atoms with van der Waals surface area (Å²) in [5, 5.41) is 11.9. The summed E-state index contributed by atoms with van der Waals surface area (Å²) < 4.78 is 24.9. The van der Waals surface area contributed by atoms with Crippen molar-refractivity contribution in [1.82, 2.24) is 5.32 Å². The molecule has 0 aliphatic carbocycles. The van der Waals surface area contributed by atoms with E-state index >= 15 is 0 Å². The van der Waals surface area contributed by atoms with Gasteiger partial charge in [0, 0.05) is 23.0 Å². The summed E-state index contributed by atoms with van der Waals surface area (Å²) in [5.74, 6) is -2.19. The summed E-state index contributed by atoms with van der Waals surface area (Å²) in [6.45, 7) is 0. The molecule has 2 aromatic rings. The van der Waals surface area contributed by atoms with Crippen LogP contribution in [0.3, 0.4) is 0 Å². The first-order chi connectivity index (χ1) is 13.5. The Hall–Kier alpha value is -2.25. The molecule has 0 bridgehead atoms. The van der Waals surface area contributed by atoms with E-state index < -0.39 is 43.9 Å². The molecule has 10 heteroatoms. The lowest BCUT2D eigenvalue weighted by atomic mass is 9.99. The highest BCUT2D eigenvalue weighted by Crippen LogP contribution is 2.34. The zero-order valence-corrected chi connectivity index (χ0v) is 16.9. The third kappa shape index (κ3) is 7.95. The normalized spacial score (nSPS) is 12.4. The van der Waals surface area contributed by atoms with E-state index in [1.165, 1.54) is 18.2 Å². The maximum absolute atomic E-state index is 14.0. The SMILES string of the molecule is O=C(O)CC(Cc1ccc(-c2cc(Cl)ccc2F)cc1)NC(=O)CCP(=O)(O)O. The monoisotopic (exact) mass is 443 g/mol. The molecule has 0 aliphatic rings. The minimum absolute atomic E-state index is 0.187. The molecule has 1 unspecified atom stereocenters. The molecule has 29 heavy (non-hydrogen) atoms. The van der Waals surface area contributed by atoms with Gasteiger partial charge in [-0.3, -0.25) is 14.2 Å². The van der Waals surface area contributed by atoms with Crippen molar-refractivity contribution >= 4 is 31.1 Å². The highest BCUT2D eigenvalue weighted by molar-refractivity contribution is 7.51. The van der Waals surface area contributed by atoms with Gasteiger partial charge in [0.05, 0.1) is 12.6 Å². The Bertz CT molecular complexity index is 931. The van der Waals surface area contributed by atoms with E-state index in [9.17, 15) is 18.5 Å². The van der Waals surface area contributed by atoms with E-state index in [-0.39, 0.29) is 12.8 Å². The fourth-order valence-electron chi connectivity index (χ4n) is 2.76. The molecule has 0 saturated heterocycles. The molecule has 0 saturated carbocycles. The molecule has 0 aliphatic heterocycles. The van der Waals surface area contributed by atoms with Crippen LogP contribution in [-0.2, 0) is 20.6 Å². The maximum atomic E-state index is 14.0. The lowest BCUT2D eigenvalue weighted by Gasteiger charge is -2.17. The second-order valence-corrected chi connectivity index (χ2v) is 8.74. The molecule has 1 amide bonds. The number of carbonyl (C=O) groups excluding carboxylic acids is 1. The third-order valence-corrected chi connectivity index (χ3v) is 5.13. The Morgan fingerprint density at radius 2 is 1.79 bits per heavy atom. The van der Waals surface area contributed by atoms with Gasteiger partial charge in [-0.2, -0.15) is 0 Å². The smallest absolute Gasteiger partial charge is 0.326 e. The van der Waals surface area contributed by atoms with Crippen molar-refractivity contribution in [2.24, 2.45) is 0 Å². The number of halogens is 2. The van der Waals surface area contributed by atoms with Crippen molar-refractivity contribution in [2.45, 2.75) is 25.3 Å².